The summed E-state index contributed by atoms with van der Waals surface area (Å²) >= 11 is 0. The molecule has 0 unspecified atom stereocenters. The minimum Gasteiger partial charge on any atom is -0.476 e. The maximum absolute atomic E-state index is 10.7. The highest BCUT2D eigenvalue weighted by Gasteiger charge is 2.25. The third-order valence-corrected chi connectivity index (χ3v) is 2.87. The van der Waals surface area contributed by atoms with Crippen molar-refractivity contribution in [2.24, 2.45) is 0 Å². The van der Waals surface area contributed by atoms with E-state index in [0.29, 0.717) is 12.6 Å². The highest BCUT2D eigenvalue weighted by atomic mass is 16.4. The second-order valence-electron chi connectivity index (χ2n) is 4.23. The first-order chi connectivity index (χ1) is 8.24. The lowest BCUT2D eigenvalue weighted by atomic mass is 10.4. The molecule has 6 nitrogen and oxygen atoms in total. The van der Waals surface area contributed by atoms with Crippen LogP contribution in [-0.4, -0.2) is 30.4 Å². The monoisotopic (exact) mass is 232 g/mol. The predicted octanol–water partition coefficient (Wildman–Crippen LogP) is 1.16. The molecule has 88 valence electrons. The molecule has 3 rings (SSSR count). The van der Waals surface area contributed by atoms with E-state index in [2.05, 4.69) is 14.6 Å². The average Bonchev–Trinajstić information content (AvgIpc) is 2.86. The van der Waals surface area contributed by atoms with Gasteiger partial charge in [-0.1, -0.05) is 0 Å². The molecule has 1 aliphatic carbocycles. The number of aromatic carboxylic acids is 1. The van der Waals surface area contributed by atoms with Crippen molar-refractivity contribution in [3.8, 4) is 0 Å². The van der Waals surface area contributed by atoms with Gasteiger partial charge >= 0.3 is 5.97 Å². The fourth-order valence-corrected chi connectivity index (χ4v) is 1.87. The highest BCUT2D eigenvalue weighted by molar-refractivity contribution is 5.85. The Morgan fingerprint density at radius 2 is 2.35 bits per heavy atom. The number of carboxylic acid groups (broad SMARTS) is 1. The summed E-state index contributed by atoms with van der Waals surface area (Å²) in [6.45, 7) is 0.559. The molecule has 0 aliphatic heterocycles. The molecule has 1 aliphatic rings. The van der Waals surface area contributed by atoms with Crippen LogP contribution in [0.2, 0.25) is 0 Å². The molecule has 1 saturated carbocycles. The zero-order valence-corrected chi connectivity index (χ0v) is 9.15. The standard InChI is InChI=1S/C11H12N4O2/c16-11(17)10-3-4-14(13-10)6-9-5-12-7-15(9)8-1-2-8/h3-5,7-8H,1-2,6H2,(H,16,17). The number of carboxylic acids is 1. The summed E-state index contributed by atoms with van der Waals surface area (Å²) in [5.41, 5.74) is 1.13. The van der Waals surface area contributed by atoms with Crippen LogP contribution in [0.1, 0.15) is 35.1 Å². The van der Waals surface area contributed by atoms with Crippen LogP contribution in [0, 0.1) is 0 Å². The molecule has 0 amide bonds. The first-order valence-electron chi connectivity index (χ1n) is 5.51. The van der Waals surface area contributed by atoms with Crippen molar-refractivity contribution in [1.29, 1.82) is 0 Å². The summed E-state index contributed by atoms with van der Waals surface area (Å²) < 4.78 is 3.77. The maximum atomic E-state index is 10.7. The Labute approximate surface area is 97.5 Å². The van der Waals surface area contributed by atoms with Gasteiger partial charge in [-0.15, -0.1) is 0 Å². The van der Waals surface area contributed by atoms with Crippen LogP contribution >= 0.6 is 0 Å². The van der Waals surface area contributed by atoms with Crippen LogP contribution in [-0.2, 0) is 6.54 Å². The van der Waals surface area contributed by atoms with E-state index in [1.54, 1.807) is 17.1 Å². The second kappa shape index (κ2) is 3.73. The molecule has 1 N–H and O–H groups in total. The Kier molecular flexibility index (Phi) is 2.21. The largest absolute Gasteiger partial charge is 0.476 e. The molecule has 2 heterocycles. The van der Waals surface area contributed by atoms with Crippen LogP contribution in [0.5, 0.6) is 0 Å². The molecule has 2 aromatic heterocycles. The van der Waals surface area contributed by atoms with Gasteiger partial charge in [0.15, 0.2) is 5.69 Å². The number of carbonyl (C=O) groups is 1. The van der Waals surface area contributed by atoms with Gasteiger partial charge < -0.3 is 9.67 Å². The van der Waals surface area contributed by atoms with Gasteiger partial charge in [-0.25, -0.2) is 9.78 Å². The molecule has 0 saturated heterocycles. The molecule has 1 fully saturated rings. The van der Waals surface area contributed by atoms with E-state index in [0.717, 1.165) is 5.69 Å². The molecule has 0 aromatic carbocycles. The fraction of sp³-hybridized carbons (Fsp3) is 0.364. The van der Waals surface area contributed by atoms with Crippen LogP contribution in [0.4, 0.5) is 0 Å². The summed E-state index contributed by atoms with van der Waals surface area (Å²) in [6, 6.07) is 2.07. The van der Waals surface area contributed by atoms with Crippen LogP contribution < -0.4 is 0 Å². The van der Waals surface area contributed by atoms with Crippen LogP contribution in [0.3, 0.4) is 0 Å². The van der Waals surface area contributed by atoms with Gasteiger partial charge in [0.1, 0.15) is 0 Å². The van der Waals surface area contributed by atoms with E-state index >= 15 is 0 Å². The number of hydrogen-bond donors (Lipinski definition) is 1. The summed E-state index contributed by atoms with van der Waals surface area (Å²) in [7, 11) is 0. The van der Waals surface area contributed by atoms with Crippen LogP contribution in [0.15, 0.2) is 24.8 Å². The van der Waals surface area contributed by atoms with Crippen molar-refractivity contribution in [3.63, 3.8) is 0 Å². The van der Waals surface area contributed by atoms with Gasteiger partial charge in [0.25, 0.3) is 0 Å². The Morgan fingerprint density at radius 1 is 1.53 bits per heavy atom. The van der Waals surface area contributed by atoms with Gasteiger partial charge in [-0.05, 0) is 18.9 Å². The van der Waals surface area contributed by atoms with Crippen LogP contribution in [0.25, 0.3) is 0 Å². The van der Waals surface area contributed by atoms with Crippen molar-refractivity contribution in [2.45, 2.75) is 25.4 Å². The van der Waals surface area contributed by atoms with E-state index in [1.165, 1.54) is 18.9 Å². The Balaban J connectivity index is 1.81. The Bertz CT molecular complexity index is 553. The van der Waals surface area contributed by atoms with Crippen molar-refractivity contribution in [2.75, 3.05) is 0 Å². The topological polar surface area (TPSA) is 72.9 Å². The zero-order valence-electron chi connectivity index (χ0n) is 9.15. The number of nitrogens with zero attached hydrogens (tertiary/aromatic N) is 4. The highest BCUT2D eigenvalue weighted by Crippen LogP contribution is 2.35. The smallest absolute Gasteiger partial charge is 0.356 e. The van der Waals surface area contributed by atoms with E-state index in [1.807, 2.05) is 6.33 Å². The summed E-state index contributed by atoms with van der Waals surface area (Å²) in [5, 5.41) is 12.8. The molecule has 17 heavy (non-hydrogen) atoms. The summed E-state index contributed by atoms with van der Waals surface area (Å²) in [4.78, 5) is 14.8. The van der Waals surface area contributed by atoms with Gasteiger partial charge in [0.2, 0.25) is 0 Å². The SMILES string of the molecule is O=C(O)c1ccn(Cc2cncn2C2CC2)n1. The number of hydrogen-bond acceptors (Lipinski definition) is 3. The van der Waals surface area contributed by atoms with E-state index in [9.17, 15) is 4.79 Å². The fourth-order valence-electron chi connectivity index (χ4n) is 1.87. The van der Waals surface area contributed by atoms with Crippen molar-refractivity contribution in [3.05, 3.63) is 36.2 Å². The lowest BCUT2D eigenvalue weighted by Crippen LogP contribution is -2.07. The van der Waals surface area contributed by atoms with Gasteiger partial charge in [0, 0.05) is 12.2 Å². The molecule has 0 bridgehead atoms. The number of aromatic nitrogens is 4. The average molecular weight is 232 g/mol. The molecule has 6 heteroatoms. The van der Waals surface area contributed by atoms with Crippen molar-refractivity contribution >= 4 is 5.97 Å². The first-order valence-corrected chi connectivity index (χ1v) is 5.51. The minimum absolute atomic E-state index is 0.0717. The lowest BCUT2D eigenvalue weighted by Gasteiger charge is -2.06. The Hall–Kier alpha value is -2.11. The molecule has 2 aromatic rings. The maximum Gasteiger partial charge on any atom is 0.356 e. The number of rotatable bonds is 4. The van der Waals surface area contributed by atoms with E-state index in [4.69, 9.17) is 5.11 Å². The molecular weight excluding hydrogens is 220 g/mol. The Morgan fingerprint density at radius 3 is 3.00 bits per heavy atom. The molecular formula is C11H12N4O2. The number of imidazole rings is 1. The summed E-state index contributed by atoms with van der Waals surface area (Å²) in [5.74, 6) is -1.00. The normalized spacial score (nSPS) is 15.1. The third kappa shape index (κ3) is 1.93. The summed E-state index contributed by atoms with van der Waals surface area (Å²) in [6.07, 6.45) is 7.70. The van der Waals surface area contributed by atoms with Crippen molar-refractivity contribution in [1.82, 2.24) is 19.3 Å². The zero-order chi connectivity index (χ0) is 11.8. The van der Waals surface area contributed by atoms with E-state index in [-0.39, 0.29) is 5.69 Å². The third-order valence-electron chi connectivity index (χ3n) is 2.87. The first kappa shape index (κ1) is 10.1. The quantitative estimate of drug-likeness (QED) is 0.858. The molecule has 0 atom stereocenters. The molecule has 0 spiro atoms. The van der Waals surface area contributed by atoms with Crippen molar-refractivity contribution < 1.29 is 9.90 Å². The van der Waals surface area contributed by atoms with Gasteiger partial charge in [-0.3, -0.25) is 4.68 Å². The second-order valence-corrected chi connectivity index (χ2v) is 4.23. The molecule has 0 radical (unpaired) electrons. The lowest BCUT2D eigenvalue weighted by molar-refractivity contribution is 0.0689. The van der Waals surface area contributed by atoms with Gasteiger partial charge in [-0.2, -0.15) is 5.10 Å². The van der Waals surface area contributed by atoms with Gasteiger partial charge in [0.05, 0.1) is 24.8 Å². The predicted molar refractivity (Wildman–Crippen MR) is 58.8 cm³/mol. The minimum atomic E-state index is -1.00. The van der Waals surface area contributed by atoms with E-state index < -0.39 is 5.97 Å².